The molecule has 1 aliphatic rings. The molecule has 0 radical (unpaired) electrons. The van der Waals surface area contributed by atoms with E-state index < -0.39 is 20.7 Å². The zero-order valence-corrected chi connectivity index (χ0v) is 34.1. The molecule has 0 bridgehead atoms. The number of nitrogens with two attached hydrogens (primary N) is 1. The van der Waals surface area contributed by atoms with Gasteiger partial charge in [-0.3, -0.25) is 4.52 Å². The van der Waals surface area contributed by atoms with Gasteiger partial charge in [0.25, 0.3) is 0 Å². The number of halogens is 1. The van der Waals surface area contributed by atoms with Crippen LogP contribution in [0, 0.1) is 34.9 Å². The van der Waals surface area contributed by atoms with Gasteiger partial charge in [0.15, 0.2) is 12.1 Å². The standard InChI is InChI=1S/C38H57FN5O6P.C2H6.CHN/c1-2-3-4-5-6-7-8-9-10-11-12-13-14-15-16-21-46-26-31(27-47-33-23-30(25-40)22-32(39)24-33)28-48-51(45)50-37-20-19-36(49-37)34-17-18-35-38(41)42-29-43-44(34)35;2*1-2/h17-18,22-24,29,31,36-37,45H,2-16,19-21,26-28H2,1H3,(H2,41,42,43);1-2H3;1H. The van der Waals surface area contributed by atoms with Gasteiger partial charge in [-0.15, -0.1) is 0 Å². The number of nitriles is 2. The van der Waals surface area contributed by atoms with Gasteiger partial charge in [-0.05, 0) is 37.1 Å². The fraction of sp³-hybridized carbons (Fsp3) is 0.659. The van der Waals surface area contributed by atoms with E-state index in [0.29, 0.717) is 37.4 Å². The van der Waals surface area contributed by atoms with Crippen molar-refractivity contribution in [1.82, 2.24) is 14.6 Å². The van der Waals surface area contributed by atoms with Gasteiger partial charge in [0, 0.05) is 31.6 Å². The van der Waals surface area contributed by atoms with E-state index in [0.717, 1.165) is 24.6 Å². The van der Waals surface area contributed by atoms with E-state index in [-0.39, 0.29) is 36.5 Å². The highest BCUT2D eigenvalue weighted by atomic mass is 31.2. The average molecular weight is 787 g/mol. The van der Waals surface area contributed by atoms with E-state index in [1.54, 1.807) is 4.52 Å². The highest BCUT2D eigenvalue weighted by Gasteiger charge is 2.32. The maximum absolute atomic E-state index is 14.0. The highest BCUT2D eigenvalue weighted by molar-refractivity contribution is 7.40. The molecule has 55 heavy (non-hydrogen) atoms. The van der Waals surface area contributed by atoms with Crippen LogP contribution in [0.2, 0.25) is 0 Å². The molecule has 1 aromatic carbocycles. The lowest BCUT2D eigenvalue weighted by atomic mass is 10.0. The predicted molar refractivity (Wildman–Crippen MR) is 214 cm³/mol. The number of fused-ring (bicyclic) bond motifs is 1. The first-order valence-electron chi connectivity index (χ1n) is 20.2. The molecule has 3 aromatic rings. The Kier molecular flexibility index (Phi) is 25.9. The van der Waals surface area contributed by atoms with Gasteiger partial charge in [0.05, 0.1) is 37.1 Å². The summed E-state index contributed by atoms with van der Waals surface area (Å²) in [7, 11) is -2.25. The van der Waals surface area contributed by atoms with E-state index in [9.17, 15) is 14.5 Å². The van der Waals surface area contributed by atoms with Crippen molar-refractivity contribution in [1.29, 1.82) is 10.5 Å². The first-order chi connectivity index (χ1) is 27.0. The summed E-state index contributed by atoms with van der Waals surface area (Å²) in [6, 6.07) is 9.56. The van der Waals surface area contributed by atoms with Crippen LogP contribution < -0.4 is 10.5 Å². The minimum atomic E-state index is -2.25. The van der Waals surface area contributed by atoms with Crippen molar-refractivity contribution in [2.45, 2.75) is 142 Å². The van der Waals surface area contributed by atoms with Crippen molar-refractivity contribution < 1.29 is 32.5 Å². The van der Waals surface area contributed by atoms with Crippen molar-refractivity contribution in [2.24, 2.45) is 5.92 Å². The number of anilines is 1. The van der Waals surface area contributed by atoms with Gasteiger partial charge in [-0.1, -0.05) is 111 Å². The molecule has 0 spiro atoms. The molecular weight excluding hydrogens is 722 g/mol. The van der Waals surface area contributed by atoms with Gasteiger partial charge in [0.1, 0.15) is 29.5 Å². The Morgan fingerprint density at radius 2 is 1.58 bits per heavy atom. The number of unbranched alkanes of at least 4 members (excludes halogenated alkanes) is 14. The Balaban J connectivity index is 0.00000253. The second kappa shape index (κ2) is 29.8. The fourth-order valence-electron chi connectivity index (χ4n) is 6.31. The minimum Gasteiger partial charge on any atom is -0.493 e. The molecule has 1 fully saturated rings. The smallest absolute Gasteiger partial charge is 0.332 e. The zero-order valence-electron chi connectivity index (χ0n) is 33.2. The van der Waals surface area contributed by atoms with Crippen LogP contribution in [0.4, 0.5) is 10.2 Å². The van der Waals surface area contributed by atoms with Crippen LogP contribution in [-0.2, 0) is 18.5 Å². The molecule has 0 amide bonds. The molecule has 2 aromatic heterocycles. The zero-order chi connectivity index (χ0) is 40.1. The Hall–Kier alpha value is -3.42. The predicted octanol–water partition coefficient (Wildman–Crippen LogP) is 10.5. The number of rotatable bonds is 27. The number of aromatic nitrogens is 3. The number of hydrogen-bond acceptors (Lipinski definition) is 11. The molecule has 1 aliphatic heterocycles. The Morgan fingerprint density at radius 1 is 0.945 bits per heavy atom. The van der Waals surface area contributed by atoms with Crippen LogP contribution in [0.5, 0.6) is 5.75 Å². The summed E-state index contributed by atoms with van der Waals surface area (Å²) in [6.45, 7) is 10.9. The van der Waals surface area contributed by atoms with E-state index in [1.165, 1.54) is 102 Å². The van der Waals surface area contributed by atoms with Crippen LogP contribution in [0.1, 0.15) is 147 Å². The molecule has 3 heterocycles. The van der Waals surface area contributed by atoms with Crippen molar-refractivity contribution in [2.75, 3.05) is 32.2 Å². The summed E-state index contributed by atoms with van der Waals surface area (Å²) in [5.74, 6) is -0.191. The number of benzene rings is 1. The quantitative estimate of drug-likeness (QED) is 0.0557. The third-order valence-corrected chi connectivity index (χ3v) is 9.97. The molecular formula is C41H64FN6O6P. The second-order valence-corrected chi connectivity index (χ2v) is 14.4. The van der Waals surface area contributed by atoms with Gasteiger partial charge in [-0.25, -0.2) is 19.2 Å². The molecule has 14 heteroatoms. The lowest BCUT2D eigenvalue weighted by Gasteiger charge is -2.21. The normalized spacial score (nSPS) is 16.0. The average Bonchev–Trinajstić information content (AvgIpc) is 3.86. The summed E-state index contributed by atoms with van der Waals surface area (Å²) in [6.07, 6.45) is 21.3. The SMILES string of the molecule is C#N.CC.CCCCCCCCCCCCCCCCCOCC(COc1cc(F)cc(C#N)c1)COP(O)OC1CCC(c2ccc3c(N)ncnn23)O1. The Morgan fingerprint density at radius 3 is 2.22 bits per heavy atom. The second-order valence-electron chi connectivity index (χ2n) is 13.5. The van der Waals surface area contributed by atoms with Crippen molar-refractivity contribution >= 4 is 19.9 Å². The number of nitrogens with zero attached hydrogens (tertiary/aromatic N) is 5. The molecule has 4 unspecified atom stereocenters. The summed E-state index contributed by atoms with van der Waals surface area (Å²) < 4.78 is 45.0. The third-order valence-electron chi connectivity index (χ3n) is 9.18. The van der Waals surface area contributed by atoms with Crippen LogP contribution >= 0.6 is 8.60 Å². The molecule has 4 rings (SSSR count). The Bertz CT molecular complexity index is 1510. The molecule has 306 valence electrons. The van der Waals surface area contributed by atoms with Gasteiger partial charge >= 0.3 is 8.60 Å². The maximum atomic E-state index is 14.0. The molecule has 0 aliphatic carbocycles. The molecule has 4 atom stereocenters. The Labute approximate surface area is 329 Å². The van der Waals surface area contributed by atoms with E-state index in [1.807, 2.05) is 32.0 Å². The summed E-state index contributed by atoms with van der Waals surface area (Å²) in [5.41, 5.74) is 7.66. The number of hydrogen-bond donors (Lipinski definition) is 2. The van der Waals surface area contributed by atoms with Gasteiger partial charge in [-0.2, -0.15) is 10.4 Å². The van der Waals surface area contributed by atoms with Crippen molar-refractivity contribution in [3.63, 3.8) is 0 Å². The number of ether oxygens (including phenoxy) is 3. The van der Waals surface area contributed by atoms with Gasteiger partial charge in [0.2, 0.25) is 0 Å². The minimum absolute atomic E-state index is 0.0944. The first-order valence-corrected chi connectivity index (χ1v) is 21.3. The maximum Gasteiger partial charge on any atom is 0.332 e. The summed E-state index contributed by atoms with van der Waals surface area (Å²) in [4.78, 5) is 14.6. The molecule has 1 saturated heterocycles. The van der Waals surface area contributed by atoms with E-state index in [4.69, 9.17) is 34.3 Å². The largest absolute Gasteiger partial charge is 0.493 e. The van der Waals surface area contributed by atoms with E-state index in [2.05, 4.69) is 23.6 Å². The lowest BCUT2D eigenvalue weighted by Crippen LogP contribution is -2.23. The molecule has 3 N–H and O–H groups in total. The first kappa shape index (κ1) is 47.7. The number of nitrogen functional groups attached to an aromatic ring is 1. The topological polar surface area (TPSA) is 170 Å². The third kappa shape index (κ3) is 18.8. The van der Waals surface area contributed by atoms with Crippen molar-refractivity contribution in [3.05, 3.63) is 53.7 Å². The fourth-order valence-corrected chi connectivity index (χ4v) is 7.07. The van der Waals surface area contributed by atoms with Crippen LogP contribution in [0.25, 0.3) is 5.52 Å². The van der Waals surface area contributed by atoms with Crippen LogP contribution in [0.3, 0.4) is 0 Å². The van der Waals surface area contributed by atoms with Crippen LogP contribution in [0.15, 0.2) is 36.7 Å². The highest BCUT2D eigenvalue weighted by Crippen LogP contribution is 2.42. The van der Waals surface area contributed by atoms with Crippen molar-refractivity contribution in [3.8, 4) is 18.4 Å². The lowest BCUT2D eigenvalue weighted by molar-refractivity contribution is -0.0836. The van der Waals surface area contributed by atoms with E-state index >= 15 is 0 Å². The summed E-state index contributed by atoms with van der Waals surface area (Å²) >= 11 is 0. The molecule has 12 nitrogen and oxygen atoms in total. The monoisotopic (exact) mass is 786 g/mol. The molecule has 0 saturated carbocycles. The van der Waals surface area contributed by atoms with Crippen LogP contribution in [-0.4, -0.2) is 52.2 Å². The van der Waals surface area contributed by atoms with Gasteiger partial charge < -0.3 is 29.4 Å². The summed E-state index contributed by atoms with van der Waals surface area (Å²) in [5, 5.41) is 20.0.